The summed E-state index contributed by atoms with van der Waals surface area (Å²) in [5.74, 6) is -1.68. The number of nitriles is 1. The summed E-state index contributed by atoms with van der Waals surface area (Å²) < 4.78 is 81.9. The molecule has 19 nitrogen and oxygen atoms in total. The average Bonchev–Trinajstić information content (AvgIpc) is 3.79. The summed E-state index contributed by atoms with van der Waals surface area (Å²) in [6, 6.07) is 3.48. The summed E-state index contributed by atoms with van der Waals surface area (Å²) in [5, 5.41) is 11.6. The number of carbonyl (C=O) groups is 1. The quantitative estimate of drug-likeness (QED) is 0.0971. The van der Waals surface area contributed by atoms with Gasteiger partial charge in [0.05, 0.1) is 38.6 Å². The van der Waals surface area contributed by atoms with Gasteiger partial charge in [0.1, 0.15) is 36.8 Å². The largest absolute Gasteiger partial charge is 0.471 e. The minimum absolute atomic E-state index is 0.00294. The monoisotopic (exact) mass is 904 g/mol. The Balaban J connectivity index is 1.44. The van der Waals surface area contributed by atoms with Gasteiger partial charge in [-0.3, -0.25) is 38.0 Å². The van der Waals surface area contributed by atoms with Crippen LogP contribution >= 0.6 is 25.8 Å². The zero-order chi connectivity index (χ0) is 42.2. The van der Waals surface area contributed by atoms with Crippen LogP contribution in [0.25, 0.3) is 11.2 Å². The SMILES string of the molecule is CC(C)C(=O)Nc1nc2c(ncn2[C@@H]2O[C@@H]3CO[P@@](=O)(S)O[C@@H]4[C@@H](CO[P@@](=S)(OCCC#N)O[C@@H]2[C@@H]3O[Si](C)(C)C(C)(C)C)C[C@@H](Oc2ccncn2)[C@@H]4F)c(=O)[nH]1. The molecule has 0 unspecified atom stereocenters. The van der Waals surface area contributed by atoms with Gasteiger partial charge < -0.3 is 22.9 Å². The van der Waals surface area contributed by atoms with Crippen molar-refractivity contribution in [2.24, 2.45) is 11.8 Å². The molecule has 10 atom stereocenters. The first-order chi connectivity index (χ1) is 27.2. The number of carbonyl (C=O) groups excluding carboxylic acids is 1. The Morgan fingerprint density at radius 1 is 1.24 bits per heavy atom. The van der Waals surface area contributed by atoms with E-state index >= 15 is 4.39 Å². The predicted molar refractivity (Wildman–Crippen MR) is 216 cm³/mol. The van der Waals surface area contributed by atoms with E-state index in [2.05, 4.69) is 42.5 Å². The molecule has 1 saturated carbocycles. The molecular weight excluding hydrogens is 858 g/mol. The second-order valence-electron chi connectivity index (χ2n) is 15.8. The number of rotatable bonds is 10. The first-order valence-electron chi connectivity index (χ1n) is 18.5. The number of alkyl halides is 1. The molecule has 3 aromatic rings. The lowest BCUT2D eigenvalue weighted by atomic mass is 10.1. The van der Waals surface area contributed by atoms with E-state index in [0.717, 1.165) is 0 Å². The van der Waals surface area contributed by atoms with Crippen molar-refractivity contribution in [3.8, 4) is 11.9 Å². The number of aromatic amines is 1. The fourth-order valence-corrected chi connectivity index (χ4v) is 11.2. The number of aromatic nitrogens is 6. The van der Waals surface area contributed by atoms with Gasteiger partial charge in [-0.05, 0) is 36.4 Å². The molecule has 2 saturated heterocycles. The molecular formula is C33H47FN8O11P2S2Si. The van der Waals surface area contributed by atoms with E-state index in [1.165, 1.54) is 29.5 Å². The number of fused-ring (bicyclic) bond motifs is 4. The number of hydrogen-bond donors (Lipinski definition) is 3. The smallest absolute Gasteiger partial charge is 0.386 e. The van der Waals surface area contributed by atoms with Crippen LogP contribution in [0.5, 0.6) is 5.88 Å². The van der Waals surface area contributed by atoms with E-state index in [4.69, 9.17) is 48.3 Å². The molecule has 2 aliphatic heterocycles. The van der Waals surface area contributed by atoms with Gasteiger partial charge in [0.15, 0.2) is 31.9 Å². The van der Waals surface area contributed by atoms with Crippen molar-refractivity contribution < 1.29 is 50.3 Å². The molecule has 318 valence electrons. The Labute approximate surface area is 345 Å². The maximum atomic E-state index is 16.2. The molecule has 2 N–H and O–H groups in total. The lowest BCUT2D eigenvalue weighted by Gasteiger charge is -2.41. The predicted octanol–water partition coefficient (Wildman–Crippen LogP) is 5.61. The Morgan fingerprint density at radius 2 is 2.00 bits per heavy atom. The zero-order valence-corrected chi connectivity index (χ0v) is 37.3. The first kappa shape index (κ1) is 44.8. The van der Waals surface area contributed by atoms with E-state index in [1.54, 1.807) is 13.8 Å². The third-order valence-corrected chi connectivity index (χ3v) is 18.8. The number of amides is 1. The molecule has 3 aromatic heterocycles. The number of ether oxygens (including phenoxy) is 2. The van der Waals surface area contributed by atoms with E-state index in [-0.39, 0.29) is 54.1 Å². The van der Waals surface area contributed by atoms with Gasteiger partial charge >= 0.3 is 13.5 Å². The van der Waals surface area contributed by atoms with Crippen LogP contribution in [0, 0.1) is 23.2 Å². The van der Waals surface area contributed by atoms with Gasteiger partial charge in [0.25, 0.3) is 5.56 Å². The molecule has 6 rings (SSSR count). The van der Waals surface area contributed by atoms with Gasteiger partial charge in [-0.15, -0.1) is 0 Å². The number of hydrogen-bond acceptors (Lipinski definition) is 17. The van der Waals surface area contributed by atoms with Crippen molar-refractivity contribution >= 4 is 68.9 Å². The highest BCUT2D eigenvalue weighted by molar-refractivity contribution is 8.44. The molecule has 58 heavy (non-hydrogen) atoms. The highest BCUT2D eigenvalue weighted by Crippen LogP contribution is 2.60. The van der Waals surface area contributed by atoms with Crippen molar-refractivity contribution in [1.82, 2.24) is 29.5 Å². The molecule has 1 aliphatic carbocycles. The highest BCUT2D eigenvalue weighted by atomic mass is 32.7. The van der Waals surface area contributed by atoms with Crippen molar-refractivity contribution in [2.45, 2.75) is 109 Å². The van der Waals surface area contributed by atoms with Crippen LogP contribution in [0.15, 0.2) is 29.7 Å². The Hall–Kier alpha value is -2.71. The number of H-pyrrole nitrogens is 1. The Morgan fingerprint density at radius 3 is 2.67 bits per heavy atom. The van der Waals surface area contributed by atoms with Crippen LogP contribution in [0.1, 0.15) is 53.7 Å². The molecule has 25 heteroatoms. The molecule has 0 radical (unpaired) electrons. The van der Waals surface area contributed by atoms with Crippen molar-refractivity contribution in [3.05, 3.63) is 35.3 Å². The average molecular weight is 905 g/mol. The fraction of sp³-hybridized carbons (Fsp3) is 0.667. The number of nitrogens with zero attached hydrogens (tertiary/aromatic N) is 6. The first-order valence-corrected chi connectivity index (χ1v) is 26.6. The van der Waals surface area contributed by atoms with Crippen LogP contribution in [-0.2, 0) is 52.9 Å². The minimum atomic E-state index is -4.37. The summed E-state index contributed by atoms with van der Waals surface area (Å²) in [7, 11) is -2.73. The second-order valence-corrected chi connectivity index (χ2v) is 26.4. The molecule has 5 heterocycles. The normalized spacial score (nSPS) is 32.2. The summed E-state index contributed by atoms with van der Waals surface area (Å²) in [6.45, 7) is 4.20. The molecule has 0 spiro atoms. The highest BCUT2D eigenvalue weighted by Gasteiger charge is 2.56. The number of halogens is 1. The molecule has 3 fully saturated rings. The number of thiol groups is 1. The van der Waals surface area contributed by atoms with Crippen LogP contribution in [0.4, 0.5) is 10.3 Å². The van der Waals surface area contributed by atoms with Crippen molar-refractivity contribution in [1.29, 1.82) is 5.26 Å². The fourth-order valence-electron chi connectivity index (χ4n) is 6.22. The van der Waals surface area contributed by atoms with Crippen LogP contribution in [0.2, 0.25) is 18.1 Å². The maximum absolute atomic E-state index is 16.2. The Kier molecular flexibility index (Phi) is 13.7. The molecule has 0 aromatic carbocycles. The second kappa shape index (κ2) is 17.7. The standard InChI is InChI=1S/C33H47FN8O11P2S2Si/c1-18(2)29(43)40-32-39-28-24(30(44)41-32)38-17-42(28)31-27-26(53-58(6,7)33(3,4)5)21(50-31)15-47-54(45,56)51-25-19(14-48-55(57,52-27)46-12-8-10-35)13-20(23(25)34)49-22-9-11-36-16-37-22/h9,11,16-21,23,25-27,31H,8,12-15H2,1-7H3,(H,45,56)(H2,39,40,41,43,44)/t19-,20-,21-,23+,25-,26-,27-,31-,54-,55+/m1/s1. The minimum Gasteiger partial charge on any atom is -0.471 e. The van der Waals surface area contributed by atoms with Gasteiger partial charge in [-0.1, -0.05) is 46.9 Å². The summed E-state index contributed by atoms with van der Waals surface area (Å²) in [6.07, 6.45) is -5.00. The van der Waals surface area contributed by atoms with Crippen LogP contribution in [0.3, 0.4) is 0 Å². The van der Waals surface area contributed by atoms with E-state index < -0.39 is 94.7 Å². The van der Waals surface area contributed by atoms with Crippen LogP contribution in [-0.4, -0.2) is 100 Å². The number of imidazole rings is 1. The van der Waals surface area contributed by atoms with Gasteiger partial charge in [0.2, 0.25) is 17.7 Å². The van der Waals surface area contributed by atoms with Gasteiger partial charge in [0, 0.05) is 24.1 Å². The maximum Gasteiger partial charge on any atom is 0.386 e. The zero-order valence-electron chi connectivity index (χ0n) is 32.8. The number of anilines is 1. The summed E-state index contributed by atoms with van der Waals surface area (Å²) in [4.78, 5) is 45.0. The topological polar surface area (TPSA) is 233 Å². The molecule has 1 amide bonds. The lowest BCUT2D eigenvalue weighted by molar-refractivity contribution is -0.118. The molecule has 3 aliphatic rings. The summed E-state index contributed by atoms with van der Waals surface area (Å²) >= 11 is 10.3. The Bertz CT molecular complexity index is 2160. The third kappa shape index (κ3) is 10.1. The summed E-state index contributed by atoms with van der Waals surface area (Å²) in [5.41, 5.74) is -0.715. The van der Waals surface area contributed by atoms with Gasteiger partial charge in [-0.25, -0.2) is 23.9 Å². The van der Waals surface area contributed by atoms with E-state index in [0.29, 0.717) is 0 Å². The van der Waals surface area contributed by atoms with E-state index in [1.807, 2.05) is 39.9 Å². The van der Waals surface area contributed by atoms with Gasteiger partial charge in [-0.2, -0.15) is 10.2 Å². The lowest BCUT2D eigenvalue weighted by Crippen LogP contribution is -2.50. The van der Waals surface area contributed by atoms with Crippen LogP contribution < -0.4 is 15.6 Å². The van der Waals surface area contributed by atoms with Crippen molar-refractivity contribution in [3.63, 3.8) is 0 Å². The van der Waals surface area contributed by atoms with E-state index in [9.17, 15) is 19.4 Å². The van der Waals surface area contributed by atoms with Crippen molar-refractivity contribution in [2.75, 3.05) is 25.1 Å². The number of nitrogens with one attached hydrogen (secondary N) is 2. The molecule has 2 bridgehead atoms. The third-order valence-electron chi connectivity index (χ3n) is 10.3.